The van der Waals surface area contributed by atoms with Crippen molar-refractivity contribution in [1.29, 1.82) is 5.26 Å². The van der Waals surface area contributed by atoms with Crippen molar-refractivity contribution in [2.75, 3.05) is 11.4 Å². The number of rotatable bonds is 2. The van der Waals surface area contributed by atoms with Crippen molar-refractivity contribution in [2.45, 2.75) is 26.3 Å². The molecule has 0 unspecified atom stereocenters. The highest BCUT2D eigenvalue weighted by atomic mass is 15.3. The SMILES string of the molecule is Cc1c2c(n3c(nc4ccccc43)c1C#N)N([C@H](C)c1ccccc1)CC2. The summed E-state index contributed by atoms with van der Waals surface area (Å²) in [5, 5.41) is 9.81. The van der Waals surface area contributed by atoms with Crippen molar-refractivity contribution in [3.63, 3.8) is 0 Å². The van der Waals surface area contributed by atoms with Gasteiger partial charge in [0, 0.05) is 6.54 Å². The smallest absolute Gasteiger partial charge is 0.157 e. The molecule has 4 nitrogen and oxygen atoms in total. The van der Waals surface area contributed by atoms with Crippen LogP contribution in [0.1, 0.15) is 35.2 Å². The summed E-state index contributed by atoms with van der Waals surface area (Å²) >= 11 is 0. The van der Waals surface area contributed by atoms with E-state index in [1.807, 2.05) is 18.2 Å². The van der Waals surface area contributed by atoms with Crippen molar-refractivity contribution in [2.24, 2.45) is 0 Å². The number of imidazole rings is 1. The first kappa shape index (κ1) is 15.9. The predicted octanol–water partition coefficient (Wildman–Crippen LogP) is 4.79. The molecule has 1 atom stereocenters. The van der Waals surface area contributed by atoms with Gasteiger partial charge in [-0.2, -0.15) is 5.26 Å². The number of hydrogen-bond acceptors (Lipinski definition) is 3. The monoisotopic (exact) mass is 352 g/mol. The third kappa shape index (κ3) is 2.18. The molecule has 2 aromatic heterocycles. The first-order valence-electron chi connectivity index (χ1n) is 9.35. The van der Waals surface area contributed by atoms with E-state index in [0.29, 0.717) is 5.56 Å². The van der Waals surface area contributed by atoms with Gasteiger partial charge >= 0.3 is 0 Å². The van der Waals surface area contributed by atoms with Gasteiger partial charge in [0.05, 0.1) is 22.6 Å². The molecule has 2 aromatic carbocycles. The molecule has 4 aromatic rings. The minimum atomic E-state index is 0.254. The summed E-state index contributed by atoms with van der Waals surface area (Å²) in [7, 11) is 0. The van der Waals surface area contributed by atoms with E-state index in [9.17, 15) is 5.26 Å². The highest BCUT2D eigenvalue weighted by Gasteiger charge is 2.31. The minimum Gasteiger partial charge on any atom is -0.350 e. The zero-order valence-corrected chi connectivity index (χ0v) is 15.5. The van der Waals surface area contributed by atoms with Gasteiger partial charge in [-0.25, -0.2) is 4.98 Å². The molecule has 0 fully saturated rings. The maximum atomic E-state index is 9.81. The summed E-state index contributed by atoms with van der Waals surface area (Å²) in [6, 6.07) is 21.4. The van der Waals surface area contributed by atoms with Gasteiger partial charge in [-0.15, -0.1) is 0 Å². The van der Waals surface area contributed by atoms with Crippen LogP contribution in [-0.4, -0.2) is 15.9 Å². The molecule has 0 N–H and O–H groups in total. The molecule has 1 aliphatic heterocycles. The van der Waals surface area contributed by atoms with Crippen LogP contribution in [0.3, 0.4) is 0 Å². The van der Waals surface area contributed by atoms with Crippen molar-refractivity contribution in [3.8, 4) is 6.07 Å². The lowest BCUT2D eigenvalue weighted by molar-refractivity contribution is 0.687. The van der Waals surface area contributed by atoms with E-state index in [0.717, 1.165) is 35.2 Å². The normalized spacial score (nSPS) is 14.5. The van der Waals surface area contributed by atoms with Gasteiger partial charge in [0.15, 0.2) is 5.65 Å². The van der Waals surface area contributed by atoms with E-state index in [-0.39, 0.29) is 6.04 Å². The highest BCUT2D eigenvalue weighted by Crippen LogP contribution is 2.40. The molecular weight excluding hydrogens is 332 g/mol. The van der Waals surface area contributed by atoms with Gasteiger partial charge in [-0.3, -0.25) is 4.40 Å². The quantitative estimate of drug-likeness (QED) is 0.521. The first-order valence-corrected chi connectivity index (χ1v) is 9.35. The zero-order valence-electron chi connectivity index (χ0n) is 15.5. The Bertz CT molecular complexity index is 1210. The highest BCUT2D eigenvalue weighted by molar-refractivity contribution is 5.87. The Morgan fingerprint density at radius 1 is 1.07 bits per heavy atom. The number of hydrogen-bond donors (Lipinski definition) is 0. The van der Waals surface area contributed by atoms with Gasteiger partial charge in [0.25, 0.3) is 0 Å². The van der Waals surface area contributed by atoms with Gasteiger partial charge in [-0.1, -0.05) is 42.5 Å². The van der Waals surface area contributed by atoms with Gasteiger partial charge in [-0.05, 0) is 49.1 Å². The number of pyridine rings is 1. The molecule has 0 bridgehead atoms. The third-order valence-corrected chi connectivity index (χ3v) is 5.83. The fourth-order valence-electron chi connectivity index (χ4n) is 4.39. The van der Waals surface area contributed by atoms with Crippen LogP contribution in [0.2, 0.25) is 0 Å². The molecule has 1 aliphatic rings. The topological polar surface area (TPSA) is 44.3 Å². The Morgan fingerprint density at radius 2 is 1.81 bits per heavy atom. The summed E-state index contributed by atoms with van der Waals surface area (Å²) in [6.07, 6.45) is 0.954. The Labute approximate surface area is 158 Å². The first-order chi connectivity index (χ1) is 13.2. The Kier molecular flexibility index (Phi) is 3.45. The zero-order chi connectivity index (χ0) is 18.5. The average molecular weight is 352 g/mol. The summed E-state index contributed by atoms with van der Waals surface area (Å²) in [5.74, 6) is 1.19. The molecule has 0 spiro atoms. The van der Waals surface area contributed by atoms with Gasteiger partial charge < -0.3 is 4.90 Å². The minimum absolute atomic E-state index is 0.254. The summed E-state index contributed by atoms with van der Waals surface area (Å²) < 4.78 is 2.20. The molecule has 0 aliphatic carbocycles. The number of anilines is 1. The fraction of sp³-hybridized carbons (Fsp3) is 0.217. The molecule has 132 valence electrons. The molecule has 0 radical (unpaired) electrons. The Morgan fingerprint density at radius 3 is 2.59 bits per heavy atom. The van der Waals surface area contributed by atoms with Crippen LogP contribution in [0.5, 0.6) is 0 Å². The molecule has 0 saturated heterocycles. The van der Waals surface area contributed by atoms with Gasteiger partial charge in [0.2, 0.25) is 0 Å². The van der Waals surface area contributed by atoms with Crippen LogP contribution < -0.4 is 4.90 Å². The number of aromatic nitrogens is 2. The van der Waals surface area contributed by atoms with E-state index in [2.05, 4.69) is 65.6 Å². The maximum absolute atomic E-state index is 9.81. The standard InChI is InChI=1S/C23H20N4/c1-15-18-12-13-26(16(2)17-8-4-3-5-9-17)23(18)27-21-11-7-6-10-20(21)25-22(27)19(15)14-24/h3-11,16H,12-13H2,1-2H3/t16-/m1/s1. The molecule has 0 saturated carbocycles. The molecular formula is C23H20N4. The number of benzene rings is 2. The van der Waals surface area contributed by atoms with Crippen LogP contribution in [0.4, 0.5) is 5.82 Å². The van der Waals surface area contributed by atoms with E-state index >= 15 is 0 Å². The van der Waals surface area contributed by atoms with E-state index < -0.39 is 0 Å². The van der Waals surface area contributed by atoms with E-state index in [1.165, 1.54) is 16.9 Å². The van der Waals surface area contributed by atoms with Gasteiger partial charge in [0.1, 0.15) is 11.9 Å². The lowest BCUT2D eigenvalue weighted by Crippen LogP contribution is -2.26. The lowest BCUT2D eigenvalue weighted by atomic mass is 10.0. The second kappa shape index (κ2) is 5.85. The number of nitriles is 1. The molecule has 5 rings (SSSR count). The largest absolute Gasteiger partial charge is 0.350 e. The van der Waals surface area contributed by atoms with Crippen LogP contribution >= 0.6 is 0 Å². The predicted molar refractivity (Wildman–Crippen MR) is 108 cm³/mol. The average Bonchev–Trinajstić information content (AvgIpc) is 3.30. The molecule has 4 heteroatoms. The molecule has 27 heavy (non-hydrogen) atoms. The molecule has 0 amide bonds. The Hall–Kier alpha value is -3.32. The van der Waals surface area contributed by atoms with Crippen molar-refractivity contribution >= 4 is 22.5 Å². The third-order valence-electron chi connectivity index (χ3n) is 5.83. The van der Waals surface area contributed by atoms with Crippen LogP contribution in [0, 0.1) is 18.3 Å². The van der Waals surface area contributed by atoms with Crippen LogP contribution in [-0.2, 0) is 6.42 Å². The maximum Gasteiger partial charge on any atom is 0.157 e. The van der Waals surface area contributed by atoms with Crippen LogP contribution in [0.25, 0.3) is 16.7 Å². The van der Waals surface area contributed by atoms with Crippen LogP contribution in [0.15, 0.2) is 54.6 Å². The lowest BCUT2D eigenvalue weighted by Gasteiger charge is -2.29. The second-order valence-electron chi connectivity index (χ2n) is 7.20. The Balaban J connectivity index is 1.84. The van der Waals surface area contributed by atoms with E-state index in [4.69, 9.17) is 4.98 Å². The number of para-hydroxylation sites is 2. The van der Waals surface area contributed by atoms with Crippen molar-refractivity contribution in [3.05, 3.63) is 76.9 Å². The summed E-state index contributed by atoms with van der Waals surface area (Å²) in [5.41, 5.74) is 7.09. The van der Waals surface area contributed by atoms with Crippen molar-refractivity contribution < 1.29 is 0 Å². The summed E-state index contributed by atoms with van der Waals surface area (Å²) in [6.45, 7) is 5.26. The van der Waals surface area contributed by atoms with Crippen molar-refractivity contribution in [1.82, 2.24) is 9.38 Å². The number of nitrogens with zero attached hydrogens (tertiary/aromatic N) is 4. The van der Waals surface area contributed by atoms with E-state index in [1.54, 1.807) is 0 Å². The fourth-order valence-corrected chi connectivity index (χ4v) is 4.39. The second-order valence-corrected chi connectivity index (χ2v) is 7.20. The molecule has 3 heterocycles. The summed E-state index contributed by atoms with van der Waals surface area (Å²) in [4.78, 5) is 7.26. The number of fused-ring (bicyclic) bond motifs is 5.